The van der Waals surface area contributed by atoms with Gasteiger partial charge in [0.15, 0.2) is 0 Å². The van der Waals surface area contributed by atoms with Gasteiger partial charge in [-0.1, -0.05) is 0 Å². The van der Waals surface area contributed by atoms with Crippen molar-refractivity contribution < 1.29 is 0 Å². The fourth-order valence-corrected chi connectivity index (χ4v) is 0.769. The molecule has 0 saturated carbocycles. The predicted octanol–water partition coefficient (Wildman–Crippen LogP) is 0.00760. The van der Waals surface area contributed by atoms with Crippen molar-refractivity contribution in [2.75, 3.05) is 43.7 Å². The summed E-state index contributed by atoms with van der Waals surface area (Å²) < 4.78 is 0. The molecule has 0 bridgehead atoms. The first-order valence-corrected chi connectivity index (χ1v) is 3.87. The maximum absolute atomic E-state index is 5.52. The molecule has 0 unspecified atom stereocenters. The number of anilines is 3. The Bertz CT molecular complexity index is 274. The average molecular weight is 219 g/mol. The van der Waals surface area contributed by atoms with E-state index in [1.54, 1.807) is 9.80 Å². The van der Waals surface area contributed by atoms with Gasteiger partial charge in [0.25, 0.3) is 0 Å². The second kappa shape index (κ2) is 4.80. The Morgan fingerprint density at radius 2 is 1.21 bits per heavy atom. The molecule has 80 valence electrons. The molecule has 0 aliphatic rings. The van der Waals surface area contributed by atoms with Gasteiger partial charge in [-0.25, -0.2) is 0 Å². The van der Waals surface area contributed by atoms with Crippen LogP contribution < -0.4 is 15.5 Å². The fourth-order valence-electron chi connectivity index (χ4n) is 0.769. The molecule has 0 fully saturated rings. The average Bonchev–Trinajstić information content (AvgIpc) is 2.03. The van der Waals surface area contributed by atoms with Crippen LogP contribution in [0.15, 0.2) is 0 Å². The third kappa shape index (κ3) is 2.88. The zero-order valence-electron chi connectivity index (χ0n) is 8.72. The van der Waals surface area contributed by atoms with Gasteiger partial charge in [-0.3, -0.25) is 0 Å². The minimum absolute atomic E-state index is 0. The Morgan fingerprint density at radius 3 is 1.50 bits per heavy atom. The lowest BCUT2D eigenvalue weighted by molar-refractivity contribution is 0.923. The first-order chi connectivity index (χ1) is 6.00. The van der Waals surface area contributed by atoms with E-state index in [1.165, 1.54) is 0 Å². The summed E-state index contributed by atoms with van der Waals surface area (Å²) in [5.74, 6) is 1.37. The number of nitrogens with zero attached hydrogens (tertiary/aromatic N) is 5. The summed E-state index contributed by atoms with van der Waals surface area (Å²) in [5.41, 5.74) is 5.52. The van der Waals surface area contributed by atoms with E-state index in [1.807, 2.05) is 28.2 Å². The topological polar surface area (TPSA) is 71.2 Å². The summed E-state index contributed by atoms with van der Waals surface area (Å²) in [5, 5.41) is 0. The number of nitrogen functional groups attached to an aromatic ring is 1. The monoisotopic (exact) mass is 218 g/mol. The Kier molecular flexibility index (Phi) is 4.36. The van der Waals surface area contributed by atoms with Crippen molar-refractivity contribution in [1.29, 1.82) is 0 Å². The molecule has 0 aromatic carbocycles. The molecule has 0 atom stereocenters. The van der Waals surface area contributed by atoms with Crippen LogP contribution in [0.25, 0.3) is 0 Å². The highest BCUT2D eigenvalue weighted by Crippen LogP contribution is 2.10. The van der Waals surface area contributed by atoms with Crippen LogP contribution in [-0.2, 0) is 0 Å². The van der Waals surface area contributed by atoms with Crippen molar-refractivity contribution in [2.24, 2.45) is 0 Å². The summed E-state index contributed by atoms with van der Waals surface area (Å²) in [7, 11) is 7.42. The number of aromatic nitrogens is 3. The molecule has 1 aromatic heterocycles. The maximum Gasteiger partial charge on any atom is 0.231 e. The number of nitrogens with two attached hydrogens (primary N) is 1. The predicted molar refractivity (Wildman–Crippen MR) is 60.1 cm³/mol. The van der Waals surface area contributed by atoms with Crippen molar-refractivity contribution in [2.45, 2.75) is 0 Å². The molecule has 1 aromatic rings. The van der Waals surface area contributed by atoms with Gasteiger partial charge in [0, 0.05) is 28.2 Å². The Balaban J connectivity index is 0.00000169. The van der Waals surface area contributed by atoms with Crippen molar-refractivity contribution in [3.63, 3.8) is 0 Å². The number of hydrogen-bond acceptors (Lipinski definition) is 6. The normalized spacial score (nSPS) is 9.14. The van der Waals surface area contributed by atoms with Crippen molar-refractivity contribution >= 4 is 30.3 Å². The summed E-state index contributed by atoms with van der Waals surface area (Å²) >= 11 is 0. The van der Waals surface area contributed by atoms with Gasteiger partial charge < -0.3 is 15.5 Å². The quantitative estimate of drug-likeness (QED) is 0.754. The van der Waals surface area contributed by atoms with E-state index in [2.05, 4.69) is 15.0 Å². The maximum atomic E-state index is 5.52. The highest BCUT2D eigenvalue weighted by atomic mass is 35.5. The highest BCUT2D eigenvalue weighted by Gasteiger charge is 2.06. The summed E-state index contributed by atoms with van der Waals surface area (Å²) in [6, 6.07) is 0. The lowest BCUT2D eigenvalue weighted by atomic mass is 10.7. The zero-order chi connectivity index (χ0) is 10.0. The second-order valence-electron chi connectivity index (χ2n) is 3.08. The summed E-state index contributed by atoms with van der Waals surface area (Å²) in [6.45, 7) is 0. The molecule has 0 saturated heterocycles. The highest BCUT2D eigenvalue weighted by molar-refractivity contribution is 5.85. The molecule has 0 radical (unpaired) electrons. The Hall–Kier alpha value is -1.30. The van der Waals surface area contributed by atoms with E-state index in [9.17, 15) is 0 Å². The molecule has 0 amide bonds. The van der Waals surface area contributed by atoms with Crippen LogP contribution in [0.1, 0.15) is 0 Å². The van der Waals surface area contributed by atoms with Crippen molar-refractivity contribution in [1.82, 2.24) is 15.0 Å². The third-order valence-corrected chi connectivity index (χ3v) is 1.43. The van der Waals surface area contributed by atoms with E-state index >= 15 is 0 Å². The van der Waals surface area contributed by atoms with Crippen LogP contribution in [0.2, 0.25) is 0 Å². The second-order valence-corrected chi connectivity index (χ2v) is 3.08. The van der Waals surface area contributed by atoms with Crippen LogP contribution in [0, 0.1) is 0 Å². The summed E-state index contributed by atoms with van der Waals surface area (Å²) in [4.78, 5) is 15.7. The van der Waals surface area contributed by atoms with E-state index in [0.29, 0.717) is 11.9 Å². The molecule has 2 N–H and O–H groups in total. The molecule has 0 aliphatic heterocycles. The molecule has 7 heteroatoms. The summed E-state index contributed by atoms with van der Waals surface area (Å²) in [6.07, 6.45) is 0. The van der Waals surface area contributed by atoms with Crippen molar-refractivity contribution in [3.8, 4) is 0 Å². The number of halogens is 1. The largest absolute Gasteiger partial charge is 0.368 e. The van der Waals surface area contributed by atoms with Gasteiger partial charge in [0.1, 0.15) is 0 Å². The van der Waals surface area contributed by atoms with E-state index in [-0.39, 0.29) is 18.4 Å². The van der Waals surface area contributed by atoms with Crippen LogP contribution in [0.4, 0.5) is 17.8 Å². The van der Waals surface area contributed by atoms with E-state index in [4.69, 9.17) is 5.73 Å². The van der Waals surface area contributed by atoms with Gasteiger partial charge >= 0.3 is 0 Å². The first kappa shape index (κ1) is 12.7. The third-order valence-electron chi connectivity index (χ3n) is 1.43. The van der Waals surface area contributed by atoms with Crippen LogP contribution in [-0.4, -0.2) is 43.1 Å². The zero-order valence-corrected chi connectivity index (χ0v) is 9.54. The van der Waals surface area contributed by atoms with E-state index < -0.39 is 0 Å². The van der Waals surface area contributed by atoms with Gasteiger partial charge in [-0.05, 0) is 0 Å². The first-order valence-electron chi connectivity index (χ1n) is 3.87. The minimum atomic E-state index is 0. The van der Waals surface area contributed by atoms with Crippen LogP contribution in [0.5, 0.6) is 0 Å². The van der Waals surface area contributed by atoms with E-state index in [0.717, 1.165) is 0 Å². The smallest absolute Gasteiger partial charge is 0.231 e. The fraction of sp³-hybridized carbons (Fsp3) is 0.571. The van der Waals surface area contributed by atoms with Crippen LogP contribution >= 0.6 is 12.4 Å². The SMILES string of the molecule is CN(C)c1nc(N)nc(N(C)C)n1.Cl. The number of rotatable bonds is 2. The lowest BCUT2D eigenvalue weighted by Gasteiger charge is -2.14. The molecule has 0 aliphatic carbocycles. The van der Waals surface area contributed by atoms with Gasteiger partial charge in [0.2, 0.25) is 17.8 Å². The standard InChI is InChI=1S/C7H14N6.ClH/c1-12(2)6-9-5(8)10-7(11-6)13(3)4;/h1-4H3,(H2,8,9,10,11);1H. The minimum Gasteiger partial charge on any atom is -0.368 e. The molecule has 1 rings (SSSR count). The van der Waals surface area contributed by atoms with Crippen molar-refractivity contribution in [3.05, 3.63) is 0 Å². The number of hydrogen-bond donors (Lipinski definition) is 1. The molecular weight excluding hydrogens is 204 g/mol. The Labute approximate surface area is 89.6 Å². The lowest BCUT2D eigenvalue weighted by Crippen LogP contribution is -2.19. The van der Waals surface area contributed by atoms with Gasteiger partial charge in [0.05, 0.1) is 0 Å². The molecule has 6 nitrogen and oxygen atoms in total. The molecule has 0 spiro atoms. The molecule has 1 heterocycles. The van der Waals surface area contributed by atoms with Gasteiger partial charge in [-0.2, -0.15) is 15.0 Å². The molecular formula is C7H15ClN6. The van der Waals surface area contributed by atoms with Gasteiger partial charge in [-0.15, -0.1) is 12.4 Å². The molecule has 14 heavy (non-hydrogen) atoms. The van der Waals surface area contributed by atoms with Crippen LogP contribution in [0.3, 0.4) is 0 Å². The Morgan fingerprint density at radius 1 is 0.857 bits per heavy atom.